The van der Waals surface area contributed by atoms with Gasteiger partial charge < -0.3 is 15.4 Å². The van der Waals surface area contributed by atoms with E-state index in [4.69, 9.17) is 4.74 Å². The average Bonchev–Trinajstić information content (AvgIpc) is 2.59. The van der Waals surface area contributed by atoms with E-state index in [9.17, 15) is 0 Å². The second-order valence-corrected chi connectivity index (χ2v) is 9.16. The molecule has 0 saturated carbocycles. The van der Waals surface area contributed by atoms with Crippen LogP contribution in [0.25, 0.3) is 0 Å². The molecule has 2 rings (SSSR count). The van der Waals surface area contributed by atoms with Gasteiger partial charge in [0.05, 0.1) is 6.10 Å². The number of guanidine groups is 1. The van der Waals surface area contributed by atoms with Crippen LogP contribution >= 0.6 is 0 Å². The van der Waals surface area contributed by atoms with E-state index in [-0.39, 0.29) is 5.41 Å². The Bertz CT molecular complexity index is 475. The van der Waals surface area contributed by atoms with Crippen LogP contribution in [0.2, 0.25) is 0 Å². The number of nitrogens with one attached hydrogen (secondary N) is 2. The van der Waals surface area contributed by atoms with Gasteiger partial charge in [0.15, 0.2) is 5.96 Å². The smallest absolute Gasteiger partial charge is 0.191 e. The average molecular weight is 365 g/mol. The normalized spacial score (nSPS) is 26.6. The van der Waals surface area contributed by atoms with Crippen molar-refractivity contribution in [2.24, 2.45) is 16.3 Å². The largest absolute Gasteiger partial charge is 0.377 e. The summed E-state index contributed by atoms with van der Waals surface area (Å²) in [5.74, 6) is 1.47. The Morgan fingerprint density at radius 3 is 2.50 bits per heavy atom. The quantitative estimate of drug-likeness (QED) is 0.447. The minimum Gasteiger partial charge on any atom is -0.377 e. The SMILES string of the molecule is C=C(C)CN1CCC(NC(=NC)NCC2CCCOC2C(C)(C)C)CC1. The van der Waals surface area contributed by atoms with Gasteiger partial charge in [-0.25, -0.2) is 0 Å². The first kappa shape index (κ1) is 21.2. The van der Waals surface area contributed by atoms with Gasteiger partial charge in [0, 0.05) is 51.8 Å². The maximum atomic E-state index is 6.10. The van der Waals surface area contributed by atoms with Gasteiger partial charge in [0.2, 0.25) is 0 Å². The van der Waals surface area contributed by atoms with Gasteiger partial charge in [-0.2, -0.15) is 0 Å². The van der Waals surface area contributed by atoms with E-state index in [1.165, 1.54) is 12.0 Å². The van der Waals surface area contributed by atoms with E-state index < -0.39 is 0 Å². The van der Waals surface area contributed by atoms with Gasteiger partial charge in [-0.1, -0.05) is 32.9 Å². The third-order valence-electron chi connectivity index (χ3n) is 5.48. The van der Waals surface area contributed by atoms with Crippen molar-refractivity contribution in [2.45, 2.75) is 65.5 Å². The van der Waals surface area contributed by atoms with E-state index in [1.807, 2.05) is 7.05 Å². The lowest BCUT2D eigenvalue weighted by Crippen LogP contribution is -2.51. The number of nitrogens with zero attached hydrogens (tertiary/aromatic N) is 2. The zero-order valence-electron chi connectivity index (χ0n) is 17.6. The van der Waals surface area contributed by atoms with Crippen molar-refractivity contribution in [3.63, 3.8) is 0 Å². The second kappa shape index (κ2) is 9.75. The molecule has 0 aromatic carbocycles. The summed E-state index contributed by atoms with van der Waals surface area (Å²) in [5, 5.41) is 7.18. The molecule has 0 amide bonds. The molecule has 0 radical (unpaired) electrons. The molecule has 2 aliphatic heterocycles. The number of aliphatic imine (C=N–C) groups is 1. The van der Waals surface area contributed by atoms with Crippen molar-refractivity contribution < 1.29 is 4.74 Å². The van der Waals surface area contributed by atoms with Crippen molar-refractivity contribution in [1.29, 1.82) is 0 Å². The Hall–Kier alpha value is -1.07. The van der Waals surface area contributed by atoms with E-state index >= 15 is 0 Å². The van der Waals surface area contributed by atoms with Crippen molar-refractivity contribution in [2.75, 3.05) is 39.8 Å². The third-order valence-corrected chi connectivity index (χ3v) is 5.48. The highest BCUT2D eigenvalue weighted by Gasteiger charge is 2.35. The van der Waals surface area contributed by atoms with Crippen LogP contribution in [-0.2, 0) is 4.74 Å². The minimum absolute atomic E-state index is 0.180. The molecular formula is C21H40N4O. The lowest BCUT2D eigenvalue weighted by Gasteiger charge is -2.40. The van der Waals surface area contributed by atoms with Crippen molar-refractivity contribution in [3.8, 4) is 0 Å². The Morgan fingerprint density at radius 2 is 1.92 bits per heavy atom. The van der Waals surface area contributed by atoms with Gasteiger partial charge in [-0.15, -0.1) is 0 Å². The third kappa shape index (κ3) is 6.58. The van der Waals surface area contributed by atoms with Gasteiger partial charge in [-0.3, -0.25) is 9.89 Å². The zero-order chi connectivity index (χ0) is 19.2. The van der Waals surface area contributed by atoms with Crippen molar-refractivity contribution in [1.82, 2.24) is 15.5 Å². The highest BCUT2D eigenvalue weighted by molar-refractivity contribution is 5.79. The summed E-state index contributed by atoms with van der Waals surface area (Å²) in [5.41, 5.74) is 1.43. The number of piperidine rings is 1. The second-order valence-electron chi connectivity index (χ2n) is 9.16. The lowest BCUT2D eigenvalue weighted by molar-refractivity contribution is -0.0835. The summed E-state index contributed by atoms with van der Waals surface area (Å²) in [6.45, 7) is 18.1. The summed E-state index contributed by atoms with van der Waals surface area (Å²) in [6.07, 6.45) is 5.01. The Balaban J connectivity index is 1.78. The number of hydrogen-bond donors (Lipinski definition) is 2. The fourth-order valence-corrected chi connectivity index (χ4v) is 4.24. The van der Waals surface area contributed by atoms with Gasteiger partial charge >= 0.3 is 0 Å². The van der Waals surface area contributed by atoms with Gasteiger partial charge in [-0.05, 0) is 38.0 Å². The van der Waals surface area contributed by atoms with Crippen molar-refractivity contribution in [3.05, 3.63) is 12.2 Å². The predicted molar refractivity (Wildman–Crippen MR) is 111 cm³/mol. The van der Waals surface area contributed by atoms with Crippen LogP contribution in [0.15, 0.2) is 17.1 Å². The molecule has 0 aliphatic carbocycles. The Morgan fingerprint density at radius 1 is 1.23 bits per heavy atom. The van der Waals surface area contributed by atoms with E-state index in [2.05, 4.69) is 54.8 Å². The molecule has 2 aliphatic rings. The minimum atomic E-state index is 0.180. The van der Waals surface area contributed by atoms with Crippen LogP contribution in [0.4, 0.5) is 0 Å². The van der Waals surface area contributed by atoms with E-state index in [1.54, 1.807) is 0 Å². The number of ether oxygens (including phenoxy) is 1. The number of hydrogen-bond acceptors (Lipinski definition) is 3. The number of likely N-dealkylation sites (tertiary alicyclic amines) is 1. The standard InChI is InChI=1S/C21H40N4O/c1-16(2)15-25-11-9-18(10-12-25)24-20(22-6)23-14-17-8-7-13-26-19(17)21(3,4)5/h17-19H,1,7-15H2,2-6H3,(H2,22,23,24). The number of rotatable bonds is 5. The zero-order valence-corrected chi connectivity index (χ0v) is 17.6. The molecule has 0 bridgehead atoms. The Kier molecular flexibility index (Phi) is 7.96. The highest BCUT2D eigenvalue weighted by Crippen LogP contribution is 2.33. The molecule has 0 spiro atoms. The fourth-order valence-electron chi connectivity index (χ4n) is 4.24. The summed E-state index contributed by atoms with van der Waals surface area (Å²) in [7, 11) is 1.87. The van der Waals surface area contributed by atoms with E-state index in [0.717, 1.165) is 58.0 Å². The molecule has 2 atom stereocenters. The monoisotopic (exact) mass is 364 g/mol. The molecule has 5 heteroatoms. The predicted octanol–water partition coefficient (Wildman–Crippen LogP) is 3.03. The molecule has 26 heavy (non-hydrogen) atoms. The molecule has 2 heterocycles. The van der Waals surface area contributed by atoms with Crippen LogP contribution in [0.5, 0.6) is 0 Å². The molecule has 2 saturated heterocycles. The highest BCUT2D eigenvalue weighted by atomic mass is 16.5. The fraction of sp³-hybridized carbons (Fsp3) is 0.857. The Labute approximate surface area is 160 Å². The first-order valence-electron chi connectivity index (χ1n) is 10.2. The maximum absolute atomic E-state index is 6.10. The van der Waals surface area contributed by atoms with E-state index in [0.29, 0.717) is 18.1 Å². The molecule has 5 nitrogen and oxygen atoms in total. The summed E-state index contributed by atoms with van der Waals surface area (Å²) >= 11 is 0. The van der Waals surface area contributed by atoms with Gasteiger partial charge in [0.25, 0.3) is 0 Å². The first-order chi connectivity index (χ1) is 12.3. The lowest BCUT2D eigenvalue weighted by atomic mass is 9.78. The van der Waals surface area contributed by atoms with Crippen LogP contribution < -0.4 is 10.6 Å². The molecule has 2 N–H and O–H groups in total. The van der Waals surface area contributed by atoms with Crippen LogP contribution in [0, 0.1) is 11.3 Å². The first-order valence-corrected chi connectivity index (χ1v) is 10.2. The molecule has 0 aromatic heterocycles. The maximum Gasteiger partial charge on any atom is 0.191 e. The van der Waals surface area contributed by atoms with Crippen LogP contribution in [0.3, 0.4) is 0 Å². The topological polar surface area (TPSA) is 48.9 Å². The molecular weight excluding hydrogens is 324 g/mol. The summed E-state index contributed by atoms with van der Waals surface area (Å²) in [6, 6.07) is 0.503. The van der Waals surface area contributed by atoms with Crippen LogP contribution in [0.1, 0.15) is 53.4 Å². The molecule has 0 aromatic rings. The molecule has 150 valence electrons. The molecule has 2 fully saturated rings. The van der Waals surface area contributed by atoms with Crippen LogP contribution in [-0.4, -0.2) is 62.8 Å². The molecule has 2 unspecified atom stereocenters. The van der Waals surface area contributed by atoms with Gasteiger partial charge in [0.1, 0.15) is 0 Å². The van der Waals surface area contributed by atoms with Crippen molar-refractivity contribution >= 4 is 5.96 Å². The summed E-state index contributed by atoms with van der Waals surface area (Å²) in [4.78, 5) is 6.94. The summed E-state index contributed by atoms with van der Waals surface area (Å²) < 4.78 is 6.10.